The van der Waals surface area contributed by atoms with E-state index in [1.54, 1.807) is 6.07 Å². The van der Waals surface area contributed by atoms with E-state index in [-0.39, 0.29) is 80.1 Å². The molecule has 0 saturated carbocycles. The minimum Gasteiger partial charge on any atom is -0.466 e. The first-order valence-corrected chi connectivity index (χ1v) is 12.1. The fourth-order valence-corrected chi connectivity index (χ4v) is 4.84. The molecule has 2 fully saturated rings. The highest BCUT2D eigenvalue weighted by Crippen LogP contribution is 2.45. The van der Waals surface area contributed by atoms with Crippen LogP contribution >= 0.6 is 11.6 Å². The number of halogens is 3. The predicted molar refractivity (Wildman–Crippen MR) is 126 cm³/mol. The average molecular weight is 523 g/mol. The van der Waals surface area contributed by atoms with Gasteiger partial charge in [-0.05, 0) is 25.8 Å². The zero-order chi connectivity index (χ0) is 25.6. The Morgan fingerprint density at radius 2 is 1.92 bits per heavy atom. The van der Waals surface area contributed by atoms with Crippen molar-refractivity contribution in [2.75, 3.05) is 44.2 Å². The third-order valence-corrected chi connectivity index (χ3v) is 7.19. The van der Waals surface area contributed by atoms with Gasteiger partial charge in [-0.15, -0.1) is 0 Å². The lowest BCUT2D eigenvalue weighted by Crippen LogP contribution is -2.51. The second kappa shape index (κ2) is 9.30. The van der Waals surface area contributed by atoms with Crippen molar-refractivity contribution in [3.63, 3.8) is 0 Å². The molecule has 2 aliphatic heterocycles. The lowest BCUT2D eigenvalue weighted by molar-refractivity contribution is -0.135. The van der Waals surface area contributed by atoms with Crippen molar-refractivity contribution < 1.29 is 28.2 Å². The third kappa shape index (κ3) is 4.49. The molecule has 2 aromatic rings. The Morgan fingerprint density at radius 3 is 2.53 bits per heavy atom. The summed E-state index contributed by atoms with van der Waals surface area (Å²) in [5.41, 5.74) is 0.986. The van der Waals surface area contributed by atoms with Gasteiger partial charge in [0.2, 0.25) is 11.8 Å². The minimum atomic E-state index is -3.02. The molecule has 2 amide bonds. The highest BCUT2D eigenvalue weighted by molar-refractivity contribution is 6.32. The lowest BCUT2D eigenvalue weighted by atomic mass is 10.0. The van der Waals surface area contributed by atoms with Gasteiger partial charge >= 0.3 is 6.09 Å². The number of pyridine rings is 1. The van der Waals surface area contributed by atoms with Gasteiger partial charge in [-0.25, -0.2) is 19.7 Å². The molecule has 2 saturated heterocycles. The van der Waals surface area contributed by atoms with E-state index >= 15 is 0 Å². The highest BCUT2D eigenvalue weighted by Gasteiger charge is 2.44. The number of carbonyl (C=O) groups excluding carboxylic acids is 1. The van der Waals surface area contributed by atoms with E-state index in [1.807, 2.05) is 11.8 Å². The molecule has 3 aliphatic rings. The number of hydrogen-bond acceptors (Lipinski definition) is 7. The minimum absolute atomic E-state index is 0.0329. The summed E-state index contributed by atoms with van der Waals surface area (Å²) < 4.78 is 34.7. The second-order valence-electron chi connectivity index (χ2n) is 9.18. The van der Waals surface area contributed by atoms with Crippen LogP contribution in [0, 0.1) is 0 Å². The number of amides is 2. The number of alkyl halides is 2. The van der Waals surface area contributed by atoms with Gasteiger partial charge in [0.1, 0.15) is 10.7 Å². The van der Waals surface area contributed by atoms with Crippen LogP contribution in [0.4, 0.5) is 19.5 Å². The molecule has 1 aliphatic carbocycles. The summed E-state index contributed by atoms with van der Waals surface area (Å²) in [5, 5.41) is 9.14. The average Bonchev–Trinajstić information content (AvgIpc) is 3.16. The molecule has 0 aromatic carbocycles. The molecule has 4 heterocycles. The molecule has 0 unspecified atom stereocenters. The van der Waals surface area contributed by atoms with Crippen LogP contribution in [0.25, 0.3) is 11.3 Å². The van der Waals surface area contributed by atoms with Crippen molar-refractivity contribution in [1.82, 2.24) is 24.8 Å². The van der Waals surface area contributed by atoms with Gasteiger partial charge in [-0.2, -0.15) is 8.78 Å². The van der Waals surface area contributed by atoms with Crippen molar-refractivity contribution >= 4 is 29.5 Å². The maximum absolute atomic E-state index is 14.6. The van der Waals surface area contributed by atoms with E-state index in [2.05, 4.69) is 15.0 Å². The Morgan fingerprint density at radius 1 is 1.19 bits per heavy atom. The summed E-state index contributed by atoms with van der Waals surface area (Å²) in [4.78, 5) is 41.2. The van der Waals surface area contributed by atoms with Crippen LogP contribution in [-0.2, 0) is 17.1 Å². The summed E-state index contributed by atoms with van der Waals surface area (Å²) in [6, 6.07) is 1.72. The first-order chi connectivity index (χ1) is 17.1. The van der Waals surface area contributed by atoms with Crippen LogP contribution in [0.1, 0.15) is 31.0 Å². The van der Waals surface area contributed by atoms with Crippen LogP contribution < -0.4 is 9.64 Å². The second-order valence-corrected chi connectivity index (χ2v) is 9.59. The third-order valence-electron chi connectivity index (χ3n) is 6.92. The number of anilines is 1. The summed E-state index contributed by atoms with van der Waals surface area (Å²) >= 11 is 6.39. The van der Waals surface area contributed by atoms with Gasteiger partial charge in [0.15, 0.2) is 6.61 Å². The van der Waals surface area contributed by atoms with Crippen molar-refractivity contribution in [1.29, 1.82) is 0 Å². The summed E-state index contributed by atoms with van der Waals surface area (Å²) in [7, 11) is 0. The molecule has 13 heteroatoms. The lowest BCUT2D eigenvalue weighted by Gasteiger charge is -2.39. The van der Waals surface area contributed by atoms with E-state index < -0.39 is 12.0 Å². The van der Waals surface area contributed by atoms with Crippen molar-refractivity contribution in [2.45, 2.75) is 38.2 Å². The standard InChI is InChI=1S/C23H25ClF2N6O4/c1-13-3-5-32(13)21-28-18(15-2-4-23(25,26)19(15)29-21)14-10-16(24)20(27-11-14)36-12-17(33)30-6-8-31(9-7-30)22(34)35/h10-11,13H,2-9,12H2,1H3,(H,34,35)/t13-/m0/s1. The molecule has 0 spiro atoms. The quantitative estimate of drug-likeness (QED) is 0.638. The molecule has 1 N–H and O–H groups in total. The Kier molecular flexibility index (Phi) is 6.31. The van der Waals surface area contributed by atoms with Gasteiger partial charge in [-0.3, -0.25) is 4.79 Å². The van der Waals surface area contributed by atoms with Gasteiger partial charge in [0.05, 0.1) is 5.69 Å². The van der Waals surface area contributed by atoms with E-state index in [4.69, 9.17) is 21.4 Å². The normalized spacial score (nSPS) is 20.7. The fourth-order valence-electron chi connectivity index (χ4n) is 4.62. The molecule has 192 valence electrons. The number of nitrogens with zero attached hydrogens (tertiary/aromatic N) is 6. The summed E-state index contributed by atoms with van der Waals surface area (Å²) in [6.07, 6.45) is 1.19. The van der Waals surface area contributed by atoms with Crippen LogP contribution in [0.3, 0.4) is 0 Å². The van der Waals surface area contributed by atoms with Crippen LogP contribution in [0.2, 0.25) is 5.02 Å². The predicted octanol–water partition coefficient (Wildman–Crippen LogP) is 3.03. The molecule has 36 heavy (non-hydrogen) atoms. The molecular formula is C23H25ClF2N6O4. The zero-order valence-electron chi connectivity index (χ0n) is 19.6. The summed E-state index contributed by atoms with van der Waals surface area (Å²) in [5.74, 6) is -3.03. The largest absolute Gasteiger partial charge is 0.466 e. The van der Waals surface area contributed by atoms with Crippen molar-refractivity contribution in [2.24, 2.45) is 0 Å². The smallest absolute Gasteiger partial charge is 0.407 e. The number of rotatable bonds is 5. The maximum atomic E-state index is 14.6. The number of ether oxygens (including phenoxy) is 1. The molecule has 0 bridgehead atoms. The first-order valence-electron chi connectivity index (χ1n) is 11.7. The van der Waals surface area contributed by atoms with Gasteiger partial charge in [-0.1, -0.05) is 11.6 Å². The number of fused-ring (bicyclic) bond motifs is 1. The first kappa shape index (κ1) is 24.4. The van der Waals surface area contributed by atoms with E-state index in [0.717, 1.165) is 6.42 Å². The summed E-state index contributed by atoms with van der Waals surface area (Å²) in [6.45, 7) is 3.40. The molecule has 10 nitrogen and oxygen atoms in total. The fraction of sp³-hybridized carbons (Fsp3) is 0.522. The Bertz CT molecular complexity index is 1210. The van der Waals surface area contributed by atoms with E-state index in [0.29, 0.717) is 23.4 Å². The van der Waals surface area contributed by atoms with Crippen molar-refractivity contribution in [3.8, 4) is 17.1 Å². The van der Waals surface area contributed by atoms with Crippen LogP contribution in [-0.4, -0.2) is 87.2 Å². The van der Waals surface area contributed by atoms with Crippen LogP contribution in [0.5, 0.6) is 5.88 Å². The Labute approximate surface area is 210 Å². The van der Waals surface area contributed by atoms with Gasteiger partial charge in [0, 0.05) is 62.5 Å². The van der Waals surface area contributed by atoms with Crippen molar-refractivity contribution in [3.05, 3.63) is 28.5 Å². The highest BCUT2D eigenvalue weighted by atomic mass is 35.5. The number of piperazine rings is 1. The SMILES string of the molecule is C[C@H]1CCN1c1nc(-c2cnc(OCC(=O)N3CCN(C(=O)O)CC3)c(Cl)c2)c2c(n1)C(F)(F)CC2. The maximum Gasteiger partial charge on any atom is 0.407 e. The molecule has 2 aromatic heterocycles. The van der Waals surface area contributed by atoms with Crippen LogP contribution in [0.15, 0.2) is 12.3 Å². The number of carbonyl (C=O) groups is 2. The Balaban J connectivity index is 1.33. The van der Waals surface area contributed by atoms with E-state index in [9.17, 15) is 18.4 Å². The molecule has 1 atom stereocenters. The number of carboxylic acid groups (broad SMARTS) is 1. The molecule has 0 radical (unpaired) electrons. The number of hydrogen-bond donors (Lipinski definition) is 1. The molecular weight excluding hydrogens is 498 g/mol. The molecule has 5 rings (SSSR count). The van der Waals surface area contributed by atoms with Gasteiger partial charge < -0.3 is 24.5 Å². The topological polar surface area (TPSA) is 112 Å². The van der Waals surface area contributed by atoms with E-state index in [1.165, 1.54) is 16.0 Å². The number of aromatic nitrogens is 3. The Hall–Kier alpha value is -3.28. The zero-order valence-corrected chi connectivity index (χ0v) is 20.3. The van der Waals surface area contributed by atoms with Gasteiger partial charge in [0.25, 0.3) is 11.8 Å². The monoisotopic (exact) mass is 522 g/mol.